The Hall–Kier alpha value is -0.0800. The summed E-state index contributed by atoms with van der Waals surface area (Å²) < 4.78 is 0. The van der Waals surface area contributed by atoms with Crippen LogP contribution < -0.4 is 5.32 Å². The van der Waals surface area contributed by atoms with Gasteiger partial charge in [-0.25, -0.2) is 0 Å². The minimum Gasteiger partial charge on any atom is -0.317 e. The largest absolute Gasteiger partial charge is 0.317 e. The topological polar surface area (TPSA) is 15.3 Å². The van der Waals surface area contributed by atoms with Crippen molar-refractivity contribution in [3.63, 3.8) is 0 Å². The molecule has 17 heavy (non-hydrogen) atoms. The van der Waals surface area contributed by atoms with Crippen LogP contribution in [-0.2, 0) is 0 Å². The fraction of sp³-hybridized carbons (Fsp3) is 1.00. The first-order chi connectivity index (χ1) is 8.36. The molecule has 2 nitrogen and oxygen atoms in total. The van der Waals surface area contributed by atoms with E-state index >= 15 is 0 Å². The average Bonchev–Trinajstić information content (AvgIpc) is 2.79. The van der Waals surface area contributed by atoms with Crippen LogP contribution >= 0.6 is 0 Å². The highest BCUT2D eigenvalue weighted by molar-refractivity contribution is 4.76. The Bertz CT molecular complexity index is 170. The molecule has 1 aliphatic rings. The first kappa shape index (κ1) is 15.0. The van der Waals surface area contributed by atoms with Gasteiger partial charge in [0.15, 0.2) is 0 Å². The Balaban J connectivity index is 1.91. The second kappa shape index (κ2) is 9.90. The quantitative estimate of drug-likeness (QED) is 0.590. The smallest absolute Gasteiger partial charge is 0.00223 e. The zero-order chi connectivity index (χ0) is 12.3. The van der Waals surface area contributed by atoms with Crippen molar-refractivity contribution in [2.24, 2.45) is 5.92 Å². The Morgan fingerprint density at radius 2 is 1.82 bits per heavy atom. The molecule has 1 fully saturated rings. The van der Waals surface area contributed by atoms with Gasteiger partial charge in [-0.15, -0.1) is 0 Å². The average molecular weight is 240 g/mol. The van der Waals surface area contributed by atoms with Gasteiger partial charge in [-0.1, -0.05) is 46.0 Å². The van der Waals surface area contributed by atoms with Crippen molar-refractivity contribution >= 4 is 0 Å². The number of hydrogen-bond acceptors (Lipinski definition) is 2. The van der Waals surface area contributed by atoms with E-state index in [9.17, 15) is 0 Å². The summed E-state index contributed by atoms with van der Waals surface area (Å²) in [4.78, 5) is 2.67. The van der Waals surface area contributed by atoms with Crippen molar-refractivity contribution in [2.45, 2.75) is 58.8 Å². The fourth-order valence-electron chi connectivity index (χ4n) is 2.75. The van der Waals surface area contributed by atoms with Gasteiger partial charge in [0.05, 0.1) is 0 Å². The molecule has 0 bridgehead atoms. The van der Waals surface area contributed by atoms with E-state index in [0.29, 0.717) is 0 Å². The summed E-state index contributed by atoms with van der Waals surface area (Å²) >= 11 is 0. The van der Waals surface area contributed by atoms with Crippen LogP contribution in [0.1, 0.15) is 58.8 Å². The summed E-state index contributed by atoms with van der Waals surface area (Å²) in [5.74, 6) is 0.912. The van der Waals surface area contributed by atoms with Gasteiger partial charge in [-0.05, 0) is 44.9 Å². The molecular formula is C15H32N2. The lowest BCUT2D eigenvalue weighted by Crippen LogP contribution is -2.26. The van der Waals surface area contributed by atoms with E-state index in [2.05, 4.69) is 24.1 Å². The minimum absolute atomic E-state index is 0.912. The van der Waals surface area contributed by atoms with Gasteiger partial charge in [0, 0.05) is 6.54 Å². The minimum atomic E-state index is 0.912. The van der Waals surface area contributed by atoms with E-state index in [1.807, 2.05) is 0 Å². The number of unbranched alkanes of at least 4 members (excludes halogenated alkanes) is 5. The maximum atomic E-state index is 3.47. The summed E-state index contributed by atoms with van der Waals surface area (Å²) in [6.45, 7) is 10.8. The molecule has 0 aromatic heterocycles. The van der Waals surface area contributed by atoms with Crippen LogP contribution in [0.4, 0.5) is 0 Å². The first-order valence-electron chi connectivity index (χ1n) is 7.79. The van der Waals surface area contributed by atoms with Crippen LogP contribution in [0.25, 0.3) is 0 Å². The van der Waals surface area contributed by atoms with Crippen LogP contribution in [0.3, 0.4) is 0 Å². The lowest BCUT2D eigenvalue weighted by Gasteiger charge is -2.16. The molecule has 1 saturated heterocycles. The molecule has 102 valence electrons. The van der Waals surface area contributed by atoms with E-state index in [-0.39, 0.29) is 0 Å². The van der Waals surface area contributed by atoms with Crippen LogP contribution in [0.2, 0.25) is 0 Å². The third kappa shape index (κ3) is 7.05. The molecule has 0 aromatic carbocycles. The Morgan fingerprint density at radius 3 is 2.59 bits per heavy atom. The molecule has 0 radical (unpaired) electrons. The lowest BCUT2D eigenvalue weighted by molar-refractivity contribution is 0.312. The predicted molar refractivity (Wildman–Crippen MR) is 76.5 cm³/mol. The lowest BCUT2D eigenvalue weighted by atomic mass is 10.1. The standard InChI is InChI=1S/C15H32N2/c1-3-5-6-7-8-9-11-17-12-10-15(14-17)13-16-4-2/h15-16H,3-14H2,1-2H3. The van der Waals surface area contributed by atoms with Crippen LogP contribution in [0, 0.1) is 5.92 Å². The number of likely N-dealkylation sites (tertiary alicyclic amines) is 1. The first-order valence-corrected chi connectivity index (χ1v) is 7.79. The number of nitrogens with one attached hydrogen (secondary N) is 1. The van der Waals surface area contributed by atoms with Crippen LogP contribution in [-0.4, -0.2) is 37.6 Å². The summed E-state index contributed by atoms with van der Waals surface area (Å²) in [6.07, 6.45) is 9.93. The summed E-state index contributed by atoms with van der Waals surface area (Å²) in [5, 5.41) is 3.47. The molecule has 1 rings (SSSR count). The van der Waals surface area contributed by atoms with Gasteiger partial charge >= 0.3 is 0 Å². The molecule has 1 aliphatic heterocycles. The van der Waals surface area contributed by atoms with Crippen molar-refractivity contribution < 1.29 is 0 Å². The number of nitrogens with zero attached hydrogens (tertiary/aromatic N) is 1. The molecule has 0 aromatic rings. The third-order valence-corrected chi connectivity index (χ3v) is 3.88. The van der Waals surface area contributed by atoms with Gasteiger partial charge in [-0.3, -0.25) is 0 Å². The number of hydrogen-bond donors (Lipinski definition) is 1. The van der Waals surface area contributed by atoms with Gasteiger partial charge in [0.2, 0.25) is 0 Å². The van der Waals surface area contributed by atoms with E-state index in [4.69, 9.17) is 0 Å². The highest BCUT2D eigenvalue weighted by atomic mass is 15.1. The van der Waals surface area contributed by atoms with Crippen molar-refractivity contribution in [3.8, 4) is 0 Å². The van der Waals surface area contributed by atoms with E-state index in [1.165, 1.54) is 71.1 Å². The monoisotopic (exact) mass is 240 g/mol. The second-order valence-corrected chi connectivity index (χ2v) is 5.53. The molecule has 1 unspecified atom stereocenters. The zero-order valence-corrected chi connectivity index (χ0v) is 12.0. The van der Waals surface area contributed by atoms with Gasteiger partial charge in [0.1, 0.15) is 0 Å². The third-order valence-electron chi connectivity index (χ3n) is 3.88. The van der Waals surface area contributed by atoms with E-state index < -0.39 is 0 Å². The van der Waals surface area contributed by atoms with Crippen molar-refractivity contribution in [1.29, 1.82) is 0 Å². The van der Waals surface area contributed by atoms with Crippen LogP contribution in [0.5, 0.6) is 0 Å². The maximum absolute atomic E-state index is 3.47. The van der Waals surface area contributed by atoms with Crippen molar-refractivity contribution in [2.75, 3.05) is 32.7 Å². The highest BCUT2D eigenvalue weighted by Gasteiger charge is 2.20. The molecule has 0 amide bonds. The maximum Gasteiger partial charge on any atom is 0.00223 e. The van der Waals surface area contributed by atoms with Gasteiger partial charge < -0.3 is 10.2 Å². The molecule has 1 N–H and O–H groups in total. The molecule has 0 aliphatic carbocycles. The predicted octanol–water partition coefficient (Wildman–Crippen LogP) is 3.28. The normalized spacial score (nSPS) is 21.2. The SMILES string of the molecule is CCCCCCCCN1CCC(CNCC)C1. The zero-order valence-electron chi connectivity index (χ0n) is 12.0. The molecule has 1 atom stereocenters. The summed E-state index contributed by atoms with van der Waals surface area (Å²) in [6, 6.07) is 0. The molecular weight excluding hydrogens is 208 g/mol. The van der Waals surface area contributed by atoms with E-state index in [0.717, 1.165) is 12.5 Å². The van der Waals surface area contributed by atoms with E-state index in [1.54, 1.807) is 0 Å². The molecule has 0 spiro atoms. The summed E-state index contributed by atoms with van der Waals surface area (Å²) in [7, 11) is 0. The summed E-state index contributed by atoms with van der Waals surface area (Å²) in [5.41, 5.74) is 0. The Kier molecular flexibility index (Phi) is 8.72. The van der Waals surface area contributed by atoms with Crippen molar-refractivity contribution in [3.05, 3.63) is 0 Å². The van der Waals surface area contributed by atoms with Crippen molar-refractivity contribution in [1.82, 2.24) is 10.2 Å². The van der Waals surface area contributed by atoms with Crippen LogP contribution in [0.15, 0.2) is 0 Å². The highest BCUT2D eigenvalue weighted by Crippen LogP contribution is 2.16. The van der Waals surface area contributed by atoms with Gasteiger partial charge in [-0.2, -0.15) is 0 Å². The molecule has 0 saturated carbocycles. The molecule has 2 heteroatoms. The number of rotatable bonds is 10. The second-order valence-electron chi connectivity index (χ2n) is 5.53. The Labute approximate surface area is 108 Å². The molecule has 1 heterocycles. The van der Waals surface area contributed by atoms with Gasteiger partial charge in [0.25, 0.3) is 0 Å². The fourth-order valence-corrected chi connectivity index (χ4v) is 2.75. The Morgan fingerprint density at radius 1 is 1.06 bits per heavy atom.